The maximum absolute atomic E-state index is 12.3. The Labute approximate surface area is 137 Å². The Morgan fingerprint density at radius 1 is 1.39 bits per heavy atom. The number of carboxylic acid groups (broad SMARTS) is 1. The summed E-state index contributed by atoms with van der Waals surface area (Å²) in [6.07, 6.45) is 1.48. The summed E-state index contributed by atoms with van der Waals surface area (Å²) in [4.78, 5) is 25.1. The molecule has 2 rings (SSSR count). The molecule has 1 saturated heterocycles. The smallest absolute Gasteiger partial charge is 0.311 e. The van der Waals surface area contributed by atoms with Gasteiger partial charge in [0, 0.05) is 13.1 Å². The number of nitrogens with zero attached hydrogens (tertiary/aromatic N) is 1. The van der Waals surface area contributed by atoms with Crippen molar-refractivity contribution in [1.82, 2.24) is 4.90 Å². The molecule has 1 amide bonds. The maximum Gasteiger partial charge on any atom is 0.311 e. The predicted molar refractivity (Wildman–Crippen MR) is 87.6 cm³/mol. The van der Waals surface area contributed by atoms with E-state index in [1.54, 1.807) is 11.8 Å². The van der Waals surface area contributed by atoms with Crippen molar-refractivity contribution in [1.29, 1.82) is 0 Å². The van der Waals surface area contributed by atoms with Crippen molar-refractivity contribution in [3.63, 3.8) is 0 Å². The van der Waals surface area contributed by atoms with E-state index in [0.717, 1.165) is 17.7 Å². The summed E-state index contributed by atoms with van der Waals surface area (Å²) in [5.41, 5.74) is 0.254. The van der Waals surface area contributed by atoms with Gasteiger partial charge < -0.3 is 14.7 Å². The SMILES string of the molecule is CCC(C)c1ccccc1OCC(=O)N1CCC(C)(C(=O)O)C1. The third-order valence-corrected chi connectivity index (χ3v) is 4.76. The lowest BCUT2D eigenvalue weighted by molar-refractivity contribution is -0.147. The molecule has 126 valence electrons. The highest BCUT2D eigenvalue weighted by molar-refractivity contribution is 5.81. The van der Waals surface area contributed by atoms with Gasteiger partial charge in [-0.1, -0.05) is 32.0 Å². The van der Waals surface area contributed by atoms with Crippen molar-refractivity contribution in [2.45, 2.75) is 39.5 Å². The number of amides is 1. The van der Waals surface area contributed by atoms with Gasteiger partial charge in [-0.15, -0.1) is 0 Å². The van der Waals surface area contributed by atoms with Crippen molar-refractivity contribution in [3.8, 4) is 5.75 Å². The first-order valence-electron chi connectivity index (χ1n) is 8.10. The number of hydrogen-bond donors (Lipinski definition) is 1. The van der Waals surface area contributed by atoms with Crippen LogP contribution in [0, 0.1) is 5.41 Å². The zero-order chi connectivity index (χ0) is 17.0. The lowest BCUT2D eigenvalue weighted by Gasteiger charge is -2.21. The number of hydrogen-bond acceptors (Lipinski definition) is 3. The van der Waals surface area contributed by atoms with Gasteiger partial charge >= 0.3 is 5.97 Å². The van der Waals surface area contributed by atoms with Crippen LogP contribution in [0.3, 0.4) is 0 Å². The molecule has 5 nitrogen and oxygen atoms in total. The molecule has 0 aliphatic carbocycles. The fourth-order valence-corrected chi connectivity index (χ4v) is 2.82. The van der Waals surface area contributed by atoms with Crippen LogP contribution < -0.4 is 4.74 Å². The Kier molecular flexibility index (Phi) is 5.29. The minimum absolute atomic E-state index is 0.0524. The van der Waals surface area contributed by atoms with Gasteiger partial charge in [0.1, 0.15) is 5.75 Å². The molecule has 23 heavy (non-hydrogen) atoms. The van der Waals surface area contributed by atoms with E-state index in [-0.39, 0.29) is 19.1 Å². The van der Waals surface area contributed by atoms with Crippen LogP contribution in [0.4, 0.5) is 0 Å². The van der Waals surface area contributed by atoms with Gasteiger partial charge in [-0.3, -0.25) is 9.59 Å². The molecule has 2 atom stereocenters. The van der Waals surface area contributed by atoms with Crippen LogP contribution in [0.25, 0.3) is 0 Å². The third kappa shape index (κ3) is 3.84. The van der Waals surface area contributed by atoms with Crippen LogP contribution in [0.5, 0.6) is 5.75 Å². The van der Waals surface area contributed by atoms with Gasteiger partial charge in [0.05, 0.1) is 5.41 Å². The highest BCUT2D eigenvalue weighted by Crippen LogP contribution is 2.31. The first-order chi connectivity index (χ1) is 10.9. The van der Waals surface area contributed by atoms with Crippen LogP contribution in [-0.4, -0.2) is 41.6 Å². The van der Waals surface area contributed by atoms with Crippen LogP contribution >= 0.6 is 0 Å². The second kappa shape index (κ2) is 7.02. The van der Waals surface area contributed by atoms with E-state index in [4.69, 9.17) is 4.74 Å². The first kappa shape index (κ1) is 17.3. The molecule has 1 fully saturated rings. The lowest BCUT2D eigenvalue weighted by Crippen LogP contribution is -2.37. The minimum Gasteiger partial charge on any atom is -0.483 e. The van der Waals surface area contributed by atoms with Crippen molar-refractivity contribution in [2.24, 2.45) is 5.41 Å². The van der Waals surface area contributed by atoms with Gasteiger partial charge in [0.15, 0.2) is 6.61 Å². The summed E-state index contributed by atoms with van der Waals surface area (Å²) in [7, 11) is 0. The molecule has 1 N–H and O–H groups in total. The van der Waals surface area contributed by atoms with Crippen LogP contribution in [0.15, 0.2) is 24.3 Å². The molecule has 1 aliphatic rings. The summed E-state index contributed by atoms with van der Waals surface area (Å²) >= 11 is 0. The minimum atomic E-state index is -0.851. The molecule has 0 saturated carbocycles. The van der Waals surface area contributed by atoms with Crippen molar-refractivity contribution < 1.29 is 19.4 Å². The number of benzene rings is 1. The Morgan fingerprint density at radius 3 is 2.70 bits per heavy atom. The summed E-state index contributed by atoms with van der Waals surface area (Å²) in [6.45, 7) is 6.59. The molecule has 1 aromatic carbocycles. The molecule has 0 spiro atoms. The van der Waals surface area contributed by atoms with Crippen LogP contribution in [0.2, 0.25) is 0 Å². The number of rotatable bonds is 6. The first-order valence-corrected chi connectivity index (χ1v) is 8.10. The zero-order valence-corrected chi connectivity index (χ0v) is 14.0. The standard InChI is InChI=1S/C18H25NO4/c1-4-13(2)14-7-5-6-8-15(14)23-11-16(20)19-10-9-18(3,12-19)17(21)22/h5-8,13H,4,9-12H2,1-3H3,(H,21,22). The highest BCUT2D eigenvalue weighted by atomic mass is 16.5. The molecule has 5 heteroatoms. The predicted octanol–water partition coefficient (Wildman–Crippen LogP) is 2.90. The van der Waals surface area contributed by atoms with E-state index in [1.807, 2.05) is 24.3 Å². The molecule has 2 unspecified atom stereocenters. The van der Waals surface area contributed by atoms with E-state index in [1.165, 1.54) is 0 Å². The number of carboxylic acids is 1. The average molecular weight is 319 g/mol. The molecular weight excluding hydrogens is 294 g/mol. The number of para-hydroxylation sites is 1. The van der Waals surface area contributed by atoms with Crippen molar-refractivity contribution in [3.05, 3.63) is 29.8 Å². The maximum atomic E-state index is 12.3. The summed E-state index contributed by atoms with van der Waals surface area (Å²) in [5.74, 6) is 0.0866. The van der Waals surface area contributed by atoms with E-state index >= 15 is 0 Å². The number of likely N-dealkylation sites (tertiary alicyclic amines) is 1. The van der Waals surface area contributed by atoms with Gasteiger partial charge in [0.25, 0.3) is 5.91 Å². The van der Waals surface area contributed by atoms with Gasteiger partial charge in [-0.05, 0) is 37.3 Å². The normalized spacial score (nSPS) is 22.0. The number of aliphatic carboxylic acids is 1. The summed E-state index contributed by atoms with van der Waals surface area (Å²) in [6, 6.07) is 7.75. The van der Waals surface area contributed by atoms with E-state index in [2.05, 4.69) is 13.8 Å². The molecule has 1 aliphatic heterocycles. The molecule has 0 bridgehead atoms. The Balaban J connectivity index is 1.97. The Bertz CT molecular complexity index is 586. The van der Waals surface area contributed by atoms with Gasteiger partial charge in [0.2, 0.25) is 0 Å². The van der Waals surface area contributed by atoms with E-state index < -0.39 is 11.4 Å². The summed E-state index contributed by atoms with van der Waals surface area (Å²) in [5, 5.41) is 9.24. The second-order valence-electron chi connectivity index (χ2n) is 6.57. The molecule has 0 aromatic heterocycles. The number of carbonyl (C=O) groups is 2. The summed E-state index contributed by atoms with van der Waals surface area (Å²) < 4.78 is 5.72. The average Bonchev–Trinajstić information content (AvgIpc) is 2.96. The largest absolute Gasteiger partial charge is 0.483 e. The van der Waals surface area contributed by atoms with Gasteiger partial charge in [-0.25, -0.2) is 0 Å². The fraction of sp³-hybridized carbons (Fsp3) is 0.556. The number of ether oxygens (including phenoxy) is 1. The number of carbonyl (C=O) groups excluding carboxylic acids is 1. The molecule has 0 radical (unpaired) electrons. The van der Waals surface area contributed by atoms with Gasteiger partial charge in [-0.2, -0.15) is 0 Å². The fourth-order valence-electron chi connectivity index (χ4n) is 2.82. The van der Waals surface area contributed by atoms with Crippen LogP contribution in [0.1, 0.15) is 45.1 Å². The Morgan fingerprint density at radius 2 is 2.09 bits per heavy atom. The van der Waals surface area contributed by atoms with Crippen molar-refractivity contribution in [2.75, 3.05) is 19.7 Å². The molecule has 1 heterocycles. The highest BCUT2D eigenvalue weighted by Gasteiger charge is 2.42. The molecular formula is C18H25NO4. The van der Waals surface area contributed by atoms with Crippen LogP contribution in [-0.2, 0) is 9.59 Å². The lowest BCUT2D eigenvalue weighted by atomic mass is 9.90. The molecule has 1 aromatic rings. The quantitative estimate of drug-likeness (QED) is 0.875. The second-order valence-corrected chi connectivity index (χ2v) is 6.57. The van der Waals surface area contributed by atoms with E-state index in [0.29, 0.717) is 18.9 Å². The third-order valence-electron chi connectivity index (χ3n) is 4.76. The van der Waals surface area contributed by atoms with E-state index in [9.17, 15) is 14.7 Å². The monoisotopic (exact) mass is 319 g/mol. The zero-order valence-electron chi connectivity index (χ0n) is 14.0. The topological polar surface area (TPSA) is 66.8 Å². The van der Waals surface area contributed by atoms with Crippen molar-refractivity contribution >= 4 is 11.9 Å². The Hall–Kier alpha value is -2.04.